The SMILES string of the molecule is CCNCCC/C(C)=C1\CCCC\C1=C\C=N. The van der Waals surface area contributed by atoms with Crippen molar-refractivity contribution in [3.63, 3.8) is 0 Å². The molecule has 0 heterocycles. The van der Waals surface area contributed by atoms with E-state index >= 15 is 0 Å². The molecule has 0 aromatic carbocycles. The maximum Gasteiger partial charge on any atom is 0.0180 e. The van der Waals surface area contributed by atoms with Crippen LogP contribution in [-0.4, -0.2) is 19.3 Å². The Hall–Kier alpha value is -0.890. The first-order valence-corrected chi connectivity index (χ1v) is 6.89. The van der Waals surface area contributed by atoms with E-state index in [1.807, 2.05) is 6.08 Å². The second-order valence-corrected chi connectivity index (χ2v) is 4.78. The van der Waals surface area contributed by atoms with E-state index in [1.165, 1.54) is 55.0 Å². The highest BCUT2D eigenvalue weighted by Crippen LogP contribution is 2.32. The van der Waals surface area contributed by atoms with Crippen LogP contribution in [0.25, 0.3) is 0 Å². The molecule has 1 aliphatic rings. The smallest absolute Gasteiger partial charge is 0.0180 e. The van der Waals surface area contributed by atoms with Crippen LogP contribution >= 0.6 is 0 Å². The summed E-state index contributed by atoms with van der Waals surface area (Å²) < 4.78 is 0. The van der Waals surface area contributed by atoms with Crippen molar-refractivity contribution in [1.82, 2.24) is 5.32 Å². The van der Waals surface area contributed by atoms with Gasteiger partial charge < -0.3 is 10.7 Å². The molecule has 0 saturated heterocycles. The standard InChI is InChI=1S/C15H26N2/c1-3-17-12-6-7-13(2)15-9-5-4-8-14(15)10-11-16/h10-11,16-17H,3-9,12H2,1-2H3/b14-10-,15-13+,16-11?. The third kappa shape index (κ3) is 4.86. The molecule has 1 fully saturated rings. The topological polar surface area (TPSA) is 35.9 Å². The van der Waals surface area contributed by atoms with Crippen LogP contribution in [0.2, 0.25) is 0 Å². The van der Waals surface area contributed by atoms with Gasteiger partial charge in [-0.25, -0.2) is 0 Å². The minimum Gasteiger partial charge on any atom is -0.317 e. The fraction of sp³-hybridized carbons (Fsp3) is 0.667. The lowest BCUT2D eigenvalue weighted by atomic mass is 9.85. The van der Waals surface area contributed by atoms with Gasteiger partial charge in [0.05, 0.1) is 0 Å². The number of nitrogens with one attached hydrogen (secondary N) is 2. The summed E-state index contributed by atoms with van der Waals surface area (Å²) in [5.74, 6) is 0. The summed E-state index contributed by atoms with van der Waals surface area (Å²) in [5, 5.41) is 10.6. The van der Waals surface area contributed by atoms with Gasteiger partial charge in [0.1, 0.15) is 0 Å². The molecular weight excluding hydrogens is 208 g/mol. The average Bonchev–Trinajstić information content (AvgIpc) is 2.35. The Morgan fingerprint density at radius 3 is 2.82 bits per heavy atom. The molecule has 0 atom stereocenters. The van der Waals surface area contributed by atoms with Crippen LogP contribution in [0.5, 0.6) is 0 Å². The molecule has 2 N–H and O–H groups in total. The zero-order valence-corrected chi connectivity index (χ0v) is 11.3. The summed E-state index contributed by atoms with van der Waals surface area (Å²) >= 11 is 0. The monoisotopic (exact) mass is 234 g/mol. The summed E-state index contributed by atoms with van der Waals surface area (Å²) in [5.41, 5.74) is 4.49. The van der Waals surface area contributed by atoms with Crippen molar-refractivity contribution >= 4 is 6.21 Å². The molecular formula is C15H26N2. The third-order valence-electron chi connectivity index (χ3n) is 3.47. The Morgan fingerprint density at radius 1 is 1.35 bits per heavy atom. The van der Waals surface area contributed by atoms with Gasteiger partial charge in [-0.3, -0.25) is 0 Å². The molecule has 2 heteroatoms. The van der Waals surface area contributed by atoms with Gasteiger partial charge in [0, 0.05) is 6.21 Å². The minimum atomic E-state index is 1.06. The maximum atomic E-state index is 7.23. The van der Waals surface area contributed by atoms with Crippen molar-refractivity contribution in [2.45, 2.75) is 52.4 Å². The molecule has 17 heavy (non-hydrogen) atoms. The highest BCUT2D eigenvalue weighted by atomic mass is 14.8. The molecule has 2 nitrogen and oxygen atoms in total. The lowest BCUT2D eigenvalue weighted by molar-refractivity contribution is 0.647. The van der Waals surface area contributed by atoms with E-state index in [0.29, 0.717) is 0 Å². The van der Waals surface area contributed by atoms with Crippen molar-refractivity contribution < 1.29 is 0 Å². The Labute approximate surface area is 106 Å². The first kappa shape index (κ1) is 14.2. The quantitative estimate of drug-likeness (QED) is 0.531. The molecule has 0 unspecified atom stereocenters. The van der Waals surface area contributed by atoms with Gasteiger partial charge in [-0.1, -0.05) is 12.5 Å². The van der Waals surface area contributed by atoms with Crippen LogP contribution in [-0.2, 0) is 0 Å². The van der Waals surface area contributed by atoms with Gasteiger partial charge in [0.25, 0.3) is 0 Å². The van der Waals surface area contributed by atoms with Crippen LogP contribution in [0.1, 0.15) is 52.4 Å². The molecule has 0 aliphatic heterocycles. The van der Waals surface area contributed by atoms with Gasteiger partial charge in [0.2, 0.25) is 0 Å². The Kier molecular flexibility index (Phi) is 6.87. The zero-order valence-electron chi connectivity index (χ0n) is 11.3. The van der Waals surface area contributed by atoms with Gasteiger partial charge in [-0.15, -0.1) is 0 Å². The summed E-state index contributed by atoms with van der Waals surface area (Å²) in [7, 11) is 0. The summed E-state index contributed by atoms with van der Waals surface area (Å²) in [4.78, 5) is 0. The van der Waals surface area contributed by atoms with Gasteiger partial charge in [-0.2, -0.15) is 0 Å². The fourth-order valence-corrected chi connectivity index (χ4v) is 2.51. The Bertz CT molecular complexity index is 300. The van der Waals surface area contributed by atoms with Crippen molar-refractivity contribution in [2.24, 2.45) is 0 Å². The summed E-state index contributed by atoms with van der Waals surface area (Å²) in [6.45, 7) is 6.60. The van der Waals surface area contributed by atoms with Crippen molar-refractivity contribution in [2.75, 3.05) is 13.1 Å². The predicted octanol–water partition coefficient (Wildman–Crippen LogP) is 3.84. The van der Waals surface area contributed by atoms with Crippen molar-refractivity contribution in [3.05, 3.63) is 22.8 Å². The largest absolute Gasteiger partial charge is 0.317 e. The second-order valence-electron chi connectivity index (χ2n) is 4.78. The fourth-order valence-electron chi connectivity index (χ4n) is 2.51. The highest BCUT2D eigenvalue weighted by Gasteiger charge is 2.13. The van der Waals surface area contributed by atoms with E-state index in [0.717, 1.165) is 19.5 Å². The lowest BCUT2D eigenvalue weighted by Crippen LogP contribution is -2.14. The molecule has 0 aromatic heterocycles. The van der Waals surface area contributed by atoms with Gasteiger partial charge in [-0.05, 0) is 75.8 Å². The highest BCUT2D eigenvalue weighted by molar-refractivity contribution is 5.71. The van der Waals surface area contributed by atoms with E-state index in [-0.39, 0.29) is 0 Å². The van der Waals surface area contributed by atoms with Crippen LogP contribution in [0.4, 0.5) is 0 Å². The Morgan fingerprint density at radius 2 is 2.12 bits per heavy atom. The number of hydrogen-bond donors (Lipinski definition) is 2. The molecule has 0 bridgehead atoms. The first-order valence-electron chi connectivity index (χ1n) is 6.89. The molecule has 0 radical (unpaired) electrons. The van der Waals surface area contributed by atoms with Crippen LogP contribution in [0.15, 0.2) is 22.8 Å². The Balaban J connectivity index is 2.57. The number of rotatable bonds is 6. The lowest BCUT2D eigenvalue weighted by Gasteiger charge is -2.21. The number of hydrogen-bond acceptors (Lipinski definition) is 2. The normalized spacial score (nSPS) is 21.6. The molecule has 1 aliphatic carbocycles. The first-order chi connectivity index (χ1) is 8.29. The predicted molar refractivity (Wildman–Crippen MR) is 75.8 cm³/mol. The van der Waals surface area contributed by atoms with E-state index in [9.17, 15) is 0 Å². The minimum absolute atomic E-state index is 1.06. The molecule has 1 rings (SSSR count). The van der Waals surface area contributed by atoms with Gasteiger partial charge in [0.15, 0.2) is 0 Å². The molecule has 1 saturated carbocycles. The van der Waals surface area contributed by atoms with E-state index in [1.54, 1.807) is 0 Å². The van der Waals surface area contributed by atoms with Crippen LogP contribution in [0.3, 0.4) is 0 Å². The third-order valence-corrected chi connectivity index (χ3v) is 3.47. The summed E-state index contributed by atoms with van der Waals surface area (Å²) in [6.07, 6.45) is 10.8. The second kappa shape index (κ2) is 8.24. The zero-order chi connectivity index (χ0) is 12.5. The van der Waals surface area contributed by atoms with E-state index < -0.39 is 0 Å². The van der Waals surface area contributed by atoms with Crippen molar-refractivity contribution in [1.29, 1.82) is 5.41 Å². The van der Waals surface area contributed by atoms with Crippen LogP contribution < -0.4 is 5.32 Å². The van der Waals surface area contributed by atoms with E-state index in [4.69, 9.17) is 5.41 Å². The molecule has 96 valence electrons. The molecule has 0 aromatic rings. The maximum absolute atomic E-state index is 7.23. The van der Waals surface area contributed by atoms with Crippen LogP contribution in [0, 0.1) is 5.41 Å². The molecule has 0 spiro atoms. The average molecular weight is 234 g/mol. The number of allylic oxidation sites excluding steroid dienone is 4. The summed E-state index contributed by atoms with van der Waals surface area (Å²) in [6, 6.07) is 0. The van der Waals surface area contributed by atoms with E-state index in [2.05, 4.69) is 19.2 Å². The van der Waals surface area contributed by atoms with Crippen molar-refractivity contribution in [3.8, 4) is 0 Å². The van der Waals surface area contributed by atoms with Gasteiger partial charge >= 0.3 is 0 Å². The molecule has 0 amide bonds.